The predicted octanol–water partition coefficient (Wildman–Crippen LogP) is 5.88. The molecule has 176 valence electrons. The average molecular weight is 462 g/mol. The summed E-state index contributed by atoms with van der Waals surface area (Å²) in [5, 5.41) is 0. The summed E-state index contributed by atoms with van der Waals surface area (Å²) in [4.78, 5) is 31.0. The number of rotatable bonds is 7. The van der Waals surface area contributed by atoms with Crippen molar-refractivity contribution in [2.24, 2.45) is 4.99 Å². The molecule has 0 bridgehead atoms. The van der Waals surface area contributed by atoms with E-state index in [-0.39, 0.29) is 23.4 Å². The molecule has 0 spiro atoms. The lowest BCUT2D eigenvalue weighted by atomic mass is 9.89. The van der Waals surface area contributed by atoms with E-state index in [0.717, 1.165) is 5.56 Å². The van der Waals surface area contributed by atoms with E-state index in [2.05, 4.69) is 4.99 Å². The molecule has 0 saturated heterocycles. The monoisotopic (exact) mass is 461 g/mol. The van der Waals surface area contributed by atoms with Gasteiger partial charge in [0.25, 0.3) is 0 Å². The Morgan fingerprint density at radius 2 is 1.35 bits per heavy atom. The Labute approximate surface area is 199 Å². The number of halogens is 1. The van der Waals surface area contributed by atoms with Crippen LogP contribution < -0.4 is 0 Å². The molecule has 0 heterocycles. The van der Waals surface area contributed by atoms with Gasteiger partial charge in [-0.3, -0.25) is 4.99 Å². The molecule has 1 unspecified atom stereocenters. The number of hydrogen-bond donors (Lipinski definition) is 0. The minimum Gasteiger partial charge on any atom is -0.455 e. The quantitative estimate of drug-likeness (QED) is 0.326. The van der Waals surface area contributed by atoms with E-state index < -0.39 is 29.0 Å². The standard InChI is InChI=1S/C28H28FNO4/c1-27(2,3)33-26(32)24(30-19-20-13-7-5-8-14-20)28(4,22-17-11-12-18-23(22)29)34-25(31)21-15-9-6-10-16-21/h5-18H,19H2,1-4H3. The molecule has 0 fully saturated rings. The van der Waals surface area contributed by atoms with Crippen molar-refractivity contribution in [2.45, 2.75) is 45.4 Å². The Hall–Kier alpha value is -3.80. The minimum absolute atomic E-state index is 0.00282. The normalized spacial score (nSPS) is 13.6. The largest absolute Gasteiger partial charge is 0.455 e. The van der Waals surface area contributed by atoms with Crippen molar-refractivity contribution in [3.63, 3.8) is 0 Å². The Bertz CT molecular complexity index is 1170. The first-order chi connectivity index (χ1) is 16.1. The van der Waals surface area contributed by atoms with Crippen molar-refractivity contribution >= 4 is 17.7 Å². The van der Waals surface area contributed by atoms with Gasteiger partial charge >= 0.3 is 11.9 Å². The molecule has 0 radical (unpaired) electrons. The number of aliphatic imine (C=N–C) groups is 1. The molecule has 1 atom stereocenters. The number of nitrogens with zero attached hydrogens (tertiary/aromatic N) is 1. The molecule has 34 heavy (non-hydrogen) atoms. The van der Waals surface area contributed by atoms with E-state index in [1.807, 2.05) is 30.3 Å². The molecule has 0 aliphatic heterocycles. The van der Waals surface area contributed by atoms with Crippen LogP contribution >= 0.6 is 0 Å². The lowest BCUT2D eigenvalue weighted by Crippen LogP contribution is -2.45. The van der Waals surface area contributed by atoms with E-state index in [1.165, 1.54) is 25.1 Å². The summed E-state index contributed by atoms with van der Waals surface area (Å²) >= 11 is 0. The third-order valence-electron chi connectivity index (χ3n) is 5.00. The summed E-state index contributed by atoms with van der Waals surface area (Å²) in [6.07, 6.45) is 0. The fraction of sp³-hybridized carbons (Fsp3) is 0.250. The van der Waals surface area contributed by atoms with Crippen LogP contribution in [0.25, 0.3) is 0 Å². The van der Waals surface area contributed by atoms with Crippen LogP contribution in [-0.2, 0) is 26.4 Å². The zero-order valence-corrected chi connectivity index (χ0v) is 19.7. The van der Waals surface area contributed by atoms with E-state index in [1.54, 1.807) is 57.2 Å². The van der Waals surface area contributed by atoms with E-state index in [9.17, 15) is 9.59 Å². The van der Waals surface area contributed by atoms with Crippen molar-refractivity contribution in [1.82, 2.24) is 0 Å². The first-order valence-corrected chi connectivity index (χ1v) is 11.0. The van der Waals surface area contributed by atoms with Gasteiger partial charge in [0, 0.05) is 5.56 Å². The lowest BCUT2D eigenvalue weighted by Gasteiger charge is -2.32. The minimum atomic E-state index is -1.85. The van der Waals surface area contributed by atoms with Crippen molar-refractivity contribution in [2.75, 3.05) is 0 Å². The lowest BCUT2D eigenvalue weighted by molar-refractivity contribution is -0.147. The molecule has 0 aliphatic carbocycles. The van der Waals surface area contributed by atoms with Gasteiger partial charge in [-0.1, -0.05) is 66.7 Å². The maximum atomic E-state index is 15.1. The number of benzene rings is 3. The first-order valence-electron chi connectivity index (χ1n) is 11.0. The second-order valence-electron chi connectivity index (χ2n) is 8.92. The Balaban J connectivity index is 2.14. The molecule has 3 aromatic rings. The Kier molecular flexibility index (Phi) is 7.61. The highest BCUT2D eigenvalue weighted by Gasteiger charge is 2.44. The van der Waals surface area contributed by atoms with E-state index >= 15 is 4.39 Å². The van der Waals surface area contributed by atoms with Crippen molar-refractivity contribution in [3.05, 3.63) is 107 Å². The van der Waals surface area contributed by atoms with Gasteiger partial charge in [-0.2, -0.15) is 0 Å². The summed E-state index contributed by atoms with van der Waals surface area (Å²) in [6, 6.07) is 23.4. The fourth-order valence-electron chi connectivity index (χ4n) is 3.39. The summed E-state index contributed by atoms with van der Waals surface area (Å²) in [6.45, 7) is 6.73. The van der Waals surface area contributed by atoms with Crippen LogP contribution in [0.3, 0.4) is 0 Å². The van der Waals surface area contributed by atoms with Gasteiger partial charge in [0.05, 0.1) is 12.1 Å². The molecule has 0 aromatic heterocycles. The molecule has 0 aliphatic rings. The molecule has 0 amide bonds. The molecule has 5 nitrogen and oxygen atoms in total. The smallest absolute Gasteiger partial charge is 0.357 e. The molecule has 6 heteroatoms. The summed E-state index contributed by atoms with van der Waals surface area (Å²) < 4.78 is 26.5. The van der Waals surface area contributed by atoms with Gasteiger partial charge in [0.15, 0.2) is 11.3 Å². The predicted molar refractivity (Wildman–Crippen MR) is 129 cm³/mol. The number of carbonyl (C=O) groups excluding carboxylic acids is 2. The van der Waals surface area contributed by atoms with Gasteiger partial charge in [-0.05, 0) is 51.5 Å². The number of ether oxygens (including phenoxy) is 2. The molecule has 0 saturated carbocycles. The number of hydrogen-bond acceptors (Lipinski definition) is 5. The van der Waals surface area contributed by atoms with Crippen LogP contribution in [-0.4, -0.2) is 23.3 Å². The highest BCUT2D eigenvalue weighted by atomic mass is 19.1. The van der Waals surface area contributed by atoms with Crippen LogP contribution in [0.4, 0.5) is 4.39 Å². The fourth-order valence-corrected chi connectivity index (χ4v) is 3.39. The summed E-state index contributed by atoms with van der Waals surface area (Å²) in [7, 11) is 0. The molecular weight excluding hydrogens is 433 g/mol. The van der Waals surface area contributed by atoms with Crippen LogP contribution in [0.2, 0.25) is 0 Å². The van der Waals surface area contributed by atoms with Gasteiger partial charge in [-0.25, -0.2) is 14.0 Å². The topological polar surface area (TPSA) is 65.0 Å². The Morgan fingerprint density at radius 1 is 0.794 bits per heavy atom. The molecular formula is C28H28FNO4. The van der Waals surface area contributed by atoms with Crippen LogP contribution in [0, 0.1) is 5.82 Å². The van der Waals surface area contributed by atoms with Gasteiger partial charge in [0.1, 0.15) is 11.4 Å². The molecule has 0 N–H and O–H groups in total. The van der Waals surface area contributed by atoms with Crippen LogP contribution in [0.5, 0.6) is 0 Å². The van der Waals surface area contributed by atoms with Gasteiger partial charge in [-0.15, -0.1) is 0 Å². The zero-order valence-electron chi connectivity index (χ0n) is 19.7. The third kappa shape index (κ3) is 6.16. The zero-order chi connectivity index (χ0) is 24.8. The van der Waals surface area contributed by atoms with E-state index in [4.69, 9.17) is 9.47 Å². The summed E-state index contributed by atoms with van der Waals surface area (Å²) in [5.41, 5.74) is -1.82. The number of carbonyl (C=O) groups is 2. The number of esters is 2. The van der Waals surface area contributed by atoms with E-state index in [0.29, 0.717) is 0 Å². The summed E-state index contributed by atoms with van der Waals surface area (Å²) in [5.74, 6) is -2.15. The maximum Gasteiger partial charge on any atom is 0.357 e. The second-order valence-corrected chi connectivity index (χ2v) is 8.92. The average Bonchev–Trinajstić information content (AvgIpc) is 2.79. The SMILES string of the molecule is CC(C)(C)OC(=O)C(=NCc1ccccc1)C(C)(OC(=O)c1ccccc1)c1ccccc1F. The highest BCUT2D eigenvalue weighted by molar-refractivity contribution is 6.40. The second kappa shape index (κ2) is 10.4. The van der Waals surface area contributed by atoms with Crippen molar-refractivity contribution in [1.29, 1.82) is 0 Å². The Morgan fingerprint density at radius 3 is 1.94 bits per heavy atom. The molecule has 3 rings (SSSR count). The highest BCUT2D eigenvalue weighted by Crippen LogP contribution is 2.32. The van der Waals surface area contributed by atoms with Gasteiger partial charge in [0.2, 0.25) is 0 Å². The van der Waals surface area contributed by atoms with Crippen molar-refractivity contribution < 1.29 is 23.5 Å². The first kappa shape index (κ1) is 24.8. The third-order valence-corrected chi connectivity index (χ3v) is 5.00. The maximum absolute atomic E-state index is 15.1. The molecule has 3 aromatic carbocycles. The van der Waals surface area contributed by atoms with Crippen LogP contribution in [0.15, 0.2) is 89.9 Å². The van der Waals surface area contributed by atoms with Gasteiger partial charge < -0.3 is 9.47 Å². The van der Waals surface area contributed by atoms with Crippen LogP contribution in [0.1, 0.15) is 49.2 Å². The van der Waals surface area contributed by atoms with Crippen molar-refractivity contribution in [3.8, 4) is 0 Å².